The standard InChI is InChI=1S/C15H20O3/c1-2-15(7-3-4-8-15)18-14(17)12-9-10-5-6-11(12)13(10)16/h5-6,10-12H,2-4,7-9H2,1H3. The topological polar surface area (TPSA) is 43.4 Å². The van der Waals surface area contributed by atoms with Gasteiger partial charge in [0.25, 0.3) is 0 Å². The van der Waals surface area contributed by atoms with Crippen LogP contribution in [0, 0.1) is 17.8 Å². The molecular weight excluding hydrogens is 228 g/mol. The van der Waals surface area contributed by atoms with Crippen LogP contribution in [0.3, 0.4) is 0 Å². The van der Waals surface area contributed by atoms with E-state index in [1.807, 2.05) is 12.2 Å². The highest BCUT2D eigenvalue weighted by Crippen LogP contribution is 2.43. The van der Waals surface area contributed by atoms with Gasteiger partial charge in [-0.15, -0.1) is 0 Å². The predicted molar refractivity (Wildman–Crippen MR) is 66.8 cm³/mol. The lowest BCUT2D eigenvalue weighted by atomic mass is 9.92. The Morgan fingerprint density at radius 1 is 1.39 bits per heavy atom. The van der Waals surface area contributed by atoms with Crippen molar-refractivity contribution in [3.8, 4) is 0 Å². The van der Waals surface area contributed by atoms with Crippen molar-refractivity contribution < 1.29 is 14.3 Å². The SMILES string of the molecule is CCC1(OC(=O)C2CC3C=CC2C3=O)CCCC1. The van der Waals surface area contributed by atoms with Crippen molar-refractivity contribution in [1.82, 2.24) is 0 Å². The molecule has 0 saturated heterocycles. The molecule has 98 valence electrons. The molecule has 0 amide bonds. The number of ether oxygens (including phenoxy) is 1. The van der Waals surface area contributed by atoms with Crippen LogP contribution in [0.15, 0.2) is 12.2 Å². The molecule has 18 heavy (non-hydrogen) atoms. The minimum Gasteiger partial charge on any atom is -0.459 e. The maximum absolute atomic E-state index is 12.3. The highest BCUT2D eigenvalue weighted by atomic mass is 16.6. The third-order valence-corrected chi connectivity index (χ3v) is 4.97. The molecule has 2 saturated carbocycles. The minimum absolute atomic E-state index is 0.0197. The summed E-state index contributed by atoms with van der Waals surface area (Å²) in [5.74, 6) is -0.346. The second-order valence-electron chi connectivity index (χ2n) is 5.93. The molecule has 0 radical (unpaired) electrons. The van der Waals surface area contributed by atoms with Crippen LogP contribution in [0.5, 0.6) is 0 Å². The summed E-state index contributed by atoms with van der Waals surface area (Å²) in [7, 11) is 0. The van der Waals surface area contributed by atoms with Gasteiger partial charge in [0.15, 0.2) is 0 Å². The van der Waals surface area contributed by atoms with Gasteiger partial charge in [-0.2, -0.15) is 0 Å². The van der Waals surface area contributed by atoms with Gasteiger partial charge in [0.2, 0.25) is 0 Å². The highest BCUT2D eigenvalue weighted by molar-refractivity contribution is 5.96. The van der Waals surface area contributed by atoms with Crippen molar-refractivity contribution in [1.29, 1.82) is 0 Å². The van der Waals surface area contributed by atoms with Gasteiger partial charge in [0, 0.05) is 11.8 Å². The molecule has 3 rings (SSSR count). The summed E-state index contributed by atoms with van der Waals surface area (Å²) in [5.41, 5.74) is -0.230. The van der Waals surface area contributed by atoms with Gasteiger partial charge in [-0.05, 0) is 38.5 Å². The number of rotatable bonds is 3. The number of Topliss-reactive ketones (excluding diaryl/α,β-unsaturated/α-hetero) is 1. The zero-order valence-corrected chi connectivity index (χ0v) is 10.9. The Bertz CT molecular complexity index is 404. The zero-order chi connectivity index (χ0) is 12.8. The summed E-state index contributed by atoms with van der Waals surface area (Å²) >= 11 is 0. The average molecular weight is 248 g/mol. The quantitative estimate of drug-likeness (QED) is 0.569. The molecule has 0 aromatic rings. The minimum atomic E-state index is -0.230. The van der Waals surface area contributed by atoms with E-state index < -0.39 is 0 Å². The molecule has 3 unspecified atom stereocenters. The largest absolute Gasteiger partial charge is 0.459 e. The Balaban J connectivity index is 1.69. The fourth-order valence-electron chi connectivity index (χ4n) is 3.72. The highest BCUT2D eigenvalue weighted by Gasteiger charge is 2.49. The molecule has 3 heteroatoms. The fourth-order valence-corrected chi connectivity index (χ4v) is 3.72. The van der Waals surface area contributed by atoms with Gasteiger partial charge in [0.1, 0.15) is 11.4 Å². The van der Waals surface area contributed by atoms with Gasteiger partial charge >= 0.3 is 5.97 Å². The molecule has 0 N–H and O–H groups in total. The molecule has 3 aliphatic rings. The first-order chi connectivity index (χ1) is 8.65. The van der Waals surface area contributed by atoms with E-state index in [1.165, 1.54) is 0 Å². The van der Waals surface area contributed by atoms with E-state index in [1.54, 1.807) is 0 Å². The van der Waals surface area contributed by atoms with Crippen molar-refractivity contribution in [2.24, 2.45) is 17.8 Å². The number of allylic oxidation sites excluding steroid dienone is 2. The Morgan fingerprint density at radius 2 is 2.11 bits per heavy atom. The molecule has 2 fully saturated rings. The van der Waals surface area contributed by atoms with E-state index in [0.717, 1.165) is 32.1 Å². The molecule has 0 aromatic carbocycles. The molecule has 0 spiro atoms. The first kappa shape index (κ1) is 11.9. The first-order valence-electron chi connectivity index (χ1n) is 7.10. The molecule has 0 heterocycles. The maximum Gasteiger partial charge on any atom is 0.310 e. The first-order valence-corrected chi connectivity index (χ1v) is 7.10. The Kier molecular flexibility index (Phi) is 2.80. The third kappa shape index (κ3) is 1.72. The van der Waals surface area contributed by atoms with E-state index >= 15 is 0 Å². The Hall–Kier alpha value is -1.12. The van der Waals surface area contributed by atoms with Crippen LogP contribution < -0.4 is 0 Å². The Labute approximate surface area is 108 Å². The summed E-state index contributed by atoms with van der Waals surface area (Å²) in [6.45, 7) is 2.09. The number of esters is 1. The molecule has 0 aliphatic heterocycles. The van der Waals surface area contributed by atoms with Crippen molar-refractivity contribution in [2.75, 3.05) is 0 Å². The number of carbonyl (C=O) groups excluding carboxylic acids is 2. The van der Waals surface area contributed by atoms with E-state index in [9.17, 15) is 9.59 Å². The van der Waals surface area contributed by atoms with Gasteiger partial charge in [-0.3, -0.25) is 9.59 Å². The van der Waals surface area contributed by atoms with Crippen molar-refractivity contribution in [2.45, 2.75) is 51.0 Å². The summed E-state index contributed by atoms with van der Waals surface area (Å²) in [6.07, 6.45) is 9.67. The van der Waals surface area contributed by atoms with Crippen molar-refractivity contribution in [3.05, 3.63) is 12.2 Å². The number of fused-ring (bicyclic) bond motifs is 2. The average Bonchev–Trinajstić information content (AvgIpc) is 3.06. The molecular formula is C15H20O3. The van der Waals surface area contributed by atoms with Crippen molar-refractivity contribution >= 4 is 11.8 Å². The van der Waals surface area contributed by atoms with Crippen LogP contribution in [-0.4, -0.2) is 17.4 Å². The van der Waals surface area contributed by atoms with Gasteiger partial charge in [-0.25, -0.2) is 0 Å². The number of hydrogen-bond acceptors (Lipinski definition) is 3. The normalized spacial score (nSPS) is 36.3. The van der Waals surface area contributed by atoms with Crippen LogP contribution in [-0.2, 0) is 14.3 Å². The summed E-state index contributed by atoms with van der Waals surface area (Å²) in [6, 6.07) is 0. The van der Waals surface area contributed by atoms with Gasteiger partial charge < -0.3 is 4.74 Å². The number of hydrogen-bond donors (Lipinski definition) is 0. The van der Waals surface area contributed by atoms with Crippen LogP contribution in [0.2, 0.25) is 0 Å². The molecule has 3 nitrogen and oxygen atoms in total. The maximum atomic E-state index is 12.3. The summed E-state index contributed by atoms with van der Waals surface area (Å²) < 4.78 is 5.81. The van der Waals surface area contributed by atoms with E-state index in [4.69, 9.17) is 4.74 Å². The fraction of sp³-hybridized carbons (Fsp3) is 0.733. The lowest BCUT2D eigenvalue weighted by Gasteiger charge is -2.30. The predicted octanol–water partition coefficient (Wildman–Crippen LogP) is 2.64. The summed E-state index contributed by atoms with van der Waals surface area (Å²) in [4.78, 5) is 24.1. The second-order valence-corrected chi connectivity index (χ2v) is 5.93. The van der Waals surface area contributed by atoms with Crippen molar-refractivity contribution in [3.63, 3.8) is 0 Å². The van der Waals surface area contributed by atoms with E-state index in [0.29, 0.717) is 6.42 Å². The van der Waals surface area contributed by atoms with Crippen LogP contribution in [0.25, 0.3) is 0 Å². The second kappa shape index (κ2) is 4.22. The Morgan fingerprint density at radius 3 is 2.61 bits per heavy atom. The lowest BCUT2D eigenvalue weighted by molar-refractivity contribution is -0.166. The van der Waals surface area contributed by atoms with Crippen LogP contribution in [0.1, 0.15) is 45.4 Å². The van der Waals surface area contributed by atoms with Crippen LogP contribution >= 0.6 is 0 Å². The van der Waals surface area contributed by atoms with Gasteiger partial charge in [-0.1, -0.05) is 19.1 Å². The monoisotopic (exact) mass is 248 g/mol. The summed E-state index contributed by atoms with van der Waals surface area (Å²) in [5, 5.41) is 0. The lowest BCUT2D eigenvalue weighted by Crippen LogP contribution is -2.35. The zero-order valence-electron chi connectivity index (χ0n) is 10.9. The molecule has 2 bridgehead atoms. The number of carbonyl (C=O) groups is 2. The molecule has 3 aliphatic carbocycles. The van der Waals surface area contributed by atoms with Crippen LogP contribution in [0.4, 0.5) is 0 Å². The third-order valence-electron chi connectivity index (χ3n) is 4.97. The van der Waals surface area contributed by atoms with Gasteiger partial charge in [0.05, 0.1) is 5.92 Å². The number of ketones is 1. The van der Waals surface area contributed by atoms with E-state index in [2.05, 4.69) is 6.92 Å². The smallest absolute Gasteiger partial charge is 0.310 e. The van der Waals surface area contributed by atoms with E-state index in [-0.39, 0.29) is 35.1 Å². The molecule has 0 aromatic heterocycles. The molecule has 3 atom stereocenters.